The Bertz CT molecular complexity index is 355. The zero-order chi connectivity index (χ0) is 12.0. The van der Waals surface area contributed by atoms with Crippen LogP contribution in [0, 0.1) is 0 Å². The van der Waals surface area contributed by atoms with Crippen molar-refractivity contribution in [1.82, 2.24) is 5.43 Å². The fraction of sp³-hybridized carbons (Fsp3) is 0.333. The van der Waals surface area contributed by atoms with Crippen LogP contribution >= 0.6 is 11.6 Å². The van der Waals surface area contributed by atoms with Crippen LogP contribution in [0.3, 0.4) is 0 Å². The molecule has 0 heterocycles. The first-order valence-corrected chi connectivity index (χ1v) is 5.51. The zero-order valence-electron chi connectivity index (χ0n) is 9.37. The van der Waals surface area contributed by atoms with E-state index in [1.807, 2.05) is 18.2 Å². The maximum Gasteiger partial charge on any atom is 0.123 e. The van der Waals surface area contributed by atoms with Crippen LogP contribution in [-0.4, -0.2) is 7.11 Å². The number of ether oxygens (including phenoxy) is 1. The van der Waals surface area contributed by atoms with Crippen molar-refractivity contribution in [3.8, 4) is 5.75 Å². The summed E-state index contributed by atoms with van der Waals surface area (Å²) in [5.41, 5.74) is 3.74. The van der Waals surface area contributed by atoms with Crippen molar-refractivity contribution >= 4 is 11.6 Å². The summed E-state index contributed by atoms with van der Waals surface area (Å²) in [6, 6.07) is 5.53. The molecule has 4 heteroatoms. The number of hydrazine groups is 1. The number of nitrogens with one attached hydrogen (secondary N) is 1. The van der Waals surface area contributed by atoms with Gasteiger partial charge in [0.15, 0.2) is 0 Å². The first-order valence-electron chi connectivity index (χ1n) is 5.13. The molecule has 1 rings (SSSR count). The highest BCUT2D eigenvalue weighted by molar-refractivity contribution is 6.30. The smallest absolute Gasteiger partial charge is 0.123 e. The van der Waals surface area contributed by atoms with Crippen molar-refractivity contribution in [3.63, 3.8) is 0 Å². The van der Waals surface area contributed by atoms with Gasteiger partial charge in [0.05, 0.1) is 7.11 Å². The molecule has 0 bridgehead atoms. The van der Waals surface area contributed by atoms with E-state index < -0.39 is 0 Å². The first-order chi connectivity index (χ1) is 7.72. The topological polar surface area (TPSA) is 47.3 Å². The average molecular weight is 241 g/mol. The van der Waals surface area contributed by atoms with Gasteiger partial charge >= 0.3 is 0 Å². The molecule has 3 N–H and O–H groups in total. The van der Waals surface area contributed by atoms with Crippen molar-refractivity contribution < 1.29 is 4.74 Å². The lowest BCUT2D eigenvalue weighted by molar-refractivity contribution is 0.396. The average Bonchev–Trinajstić information content (AvgIpc) is 2.30. The molecule has 0 radical (unpaired) electrons. The van der Waals surface area contributed by atoms with Gasteiger partial charge in [-0.25, -0.2) is 0 Å². The Hall–Kier alpha value is -1.03. The SMILES string of the molecule is C=CCCC(NN)c1cc(Cl)ccc1OC. The minimum atomic E-state index is 0.0200. The van der Waals surface area contributed by atoms with Crippen LogP contribution in [0.15, 0.2) is 30.9 Å². The minimum absolute atomic E-state index is 0.0200. The number of methoxy groups -OCH3 is 1. The van der Waals surface area contributed by atoms with Crippen LogP contribution in [0.25, 0.3) is 0 Å². The van der Waals surface area contributed by atoms with Gasteiger partial charge in [-0.3, -0.25) is 11.3 Å². The monoisotopic (exact) mass is 240 g/mol. The molecule has 0 saturated carbocycles. The summed E-state index contributed by atoms with van der Waals surface area (Å²) in [6.45, 7) is 3.69. The second-order valence-corrected chi connectivity index (χ2v) is 3.91. The second-order valence-electron chi connectivity index (χ2n) is 3.47. The molecule has 0 aromatic heterocycles. The molecule has 1 aromatic rings. The van der Waals surface area contributed by atoms with E-state index in [4.69, 9.17) is 22.2 Å². The first kappa shape index (κ1) is 13.0. The van der Waals surface area contributed by atoms with Gasteiger partial charge in [0, 0.05) is 16.6 Å². The lowest BCUT2D eigenvalue weighted by atomic mass is 10.0. The lowest BCUT2D eigenvalue weighted by Gasteiger charge is -2.18. The number of hydrogen-bond acceptors (Lipinski definition) is 3. The summed E-state index contributed by atoms with van der Waals surface area (Å²) in [6.07, 6.45) is 3.60. The van der Waals surface area contributed by atoms with Crippen LogP contribution in [0.2, 0.25) is 5.02 Å². The van der Waals surface area contributed by atoms with Gasteiger partial charge in [0.2, 0.25) is 0 Å². The van der Waals surface area contributed by atoms with Crippen molar-refractivity contribution in [1.29, 1.82) is 0 Å². The number of hydrogen-bond donors (Lipinski definition) is 2. The maximum absolute atomic E-state index is 5.96. The standard InChI is InChI=1S/C12H17ClN2O/c1-3-4-5-11(15-14)10-8-9(13)6-7-12(10)16-2/h3,6-8,11,15H,1,4-5,14H2,2H3. The normalized spacial score (nSPS) is 12.2. The third-order valence-electron chi connectivity index (χ3n) is 2.43. The molecule has 0 saturated heterocycles. The van der Waals surface area contributed by atoms with Crippen LogP contribution in [0.4, 0.5) is 0 Å². The number of halogens is 1. The predicted molar refractivity (Wildman–Crippen MR) is 67.5 cm³/mol. The van der Waals surface area contributed by atoms with Gasteiger partial charge in [0.25, 0.3) is 0 Å². The summed E-state index contributed by atoms with van der Waals surface area (Å²) in [7, 11) is 1.63. The van der Waals surface area contributed by atoms with Gasteiger partial charge in [-0.15, -0.1) is 6.58 Å². The van der Waals surface area contributed by atoms with E-state index in [2.05, 4.69) is 12.0 Å². The molecule has 0 spiro atoms. The molecule has 88 valence electrons. The Morgan fingerprint density at radius 1 is 1.62 bits per heavy atom. The molecule has 1 atom stereocenters. The van der Waals surface area contributed by atoms with Crippen LogP contribution < -0.4 is 16.0 Å². The number of allylic oxidation sites excluding steroid dienone is 1. The Labute approximate surface area is 101 Å². The fourth-order valence-electron chi connectivity index (χ4n) is 1.59. The van der Waals surface area contributed by atoms with Gasteiger partial charge in [-0.1, -0.05) is 17.7 Å². The Kier molecular flexibility index (Phi) is 5.32. The second kappa shape index (κ2) is 6.53. The van der Waals surface area contributed by atoms with Crippen LogP contribution in [0.1, 0.15) is 24.4 Å². The van der Waals surface area contributed by atoms with E-state index >= 15 is 0 Å². The molecule has 0 aliphatic rings. The molecule has 3 nitrogen and oxygen atoms in total. The molecular formula is C12H17ClN2O. The van der Waals surface area contributed by atoms with Crippen molar-refractivity contribution in [3.05, 3.63) is 41.4 Å². The quantitative estimate of drug-likeness (QED) is 0.457. The molecule has 0 fully saturated rings. The summed E-state index contributed by atoms with van der Waals surface area (Å²) in [5.74, 6) is 6.32. The summed E-state index contributed by atoms with van der Waals surface area (Å²) in [5, 5.41) is 0.676. The summed E-state index contributed by atoms with van der Waals surface area (Å²) < 4.78 is 5.28. The Morgan fingerprint density at radius 2 is 2.38 bits per heavy atom. The van der Waals surface area contributed by atoms with E-state index in [-0.39, 0.29) is 6.04 Å². The van der Waals surface area contributed by atoms with Gasteiger partial charge < -0.3 is 4.74 Å². The molecule has 16 heavy (non-hydrogen) atoms. The Balaban J connectivity index is 2.96. The summed E-state index contributed by atoms with van der Waals surface area (Å²) >= 11 is 5.96. The van der Waals surface area contributed by atoms with Crippen LogP contribution in [0.5, 0.6) is 5.75 Å². The summed E-state index contributed by atoms with van der Waals surface area (Å²) in [4.78, 5) is 0. The predicted octanol–water partition coefficient (Wildman–Crippen LogP) is 2.82. The van der Waals surface area contributed by atoms with E-state index in [1.54, 1.807) is 13.2 Å². The highest BCUT2D eigenvalue weighted by Crippen LogP contribution is 2.30. The fourth-order valence-corrected chi connectivity index (χ4v) is 1.77. The molecular weight excluding hydrogens is 224 g/mol. The zero-order valence-corrected chi connectivity index (χ0v) is 10.1. The number of benzene rings is 1. The van der Waals surface area contributed by atoms with Crippen molar-refractivity contribution in [2.45, 2.75) is 18.9 Å². The van der Waals surface area contributed by atoms with E-state index in [0.717, 1.165) is 24.2 Å². The maximum atomic E-state index is 5.96. The Morgan fingerprint density at radius 3 is 2.94 bits per heavy atom. The third-order valence-corrected chi connectivity index (χ3v) is 2.66. The van der Waals surface area contributed by atoms with Crippen LogP contribution in [-0.2, 0) is 0 Å². The minimum Gasteiger partial charge on any atom is -0.496 e. The molecule has 1 unspecified atom stereocenters. The van der Waals surface area contributed by atoms with Crippen molar-refractivity contribution in [2.75, 3.05) is 7.11 Å². The largest absolute Gasteiger partial charge is 0.496 e. The van der Waals surface area contributed by atoms with E-state index in [0.29, 0.717) is 5.02 Å². The number of nitrogens with two attached hydrogens (primary N) is 1. The molecule has 1 aromatic carbocycles. The highest BCUT2D eigenvalue weighted by Gasteiger charge is 2.14. The van der Waals surface area contributed by atoms with Gasteiger partial charge in [-0.05, 0) is 31.0 Å². The van der Waals surface area contributed by atoms with Crippen molar-refractivity contribution in [2.24, 2.45) is 5.84 Å². The van der Waals surface area contributed by atoms with E-state index in [1.165, 1.54) is 0 Å². The molecule has 0 amide bonds. The van der Waals surface area contributed by atoms with Gasteiger partial charge in [0.1, 0.15) is 5.75 Å². The van der Waals surface area contributed by atoms with Gasteiger partial charge in [-0.2, -0.15) is 0 Å². The molecule has 0 aliphatic heterocycles. The third kappa shape index (κ3) is 3.23. The molecule has 0 aliphatic carbocycles. The van der Waals surface area contributed by atoms with E-state index in [9.17, 15) is 0 Å². The lowest BCUT2D eigenvalue weighted by Crippen LogP contribution is -2.28. The highest BCUT2D eigenvalue weighted by atomic mass is 35.5. The number of rotatable bonds is 6.